The topological polar surface area (TPSA) is 91.5 Å². The van der Waals surface area contributed by atoms with E-state index in [9.17, 15) is 0 Å². The fourth-order valence-electron chi connectivity index (χ4n) is 1.41. The largest absolute Gasteiger partial charge is 0.366 e. The molecule has 2 heterocycles. The Kier molecular flexibility index (Phi) is 2.68. The molecule has 17 heavy (non-hydrogen) atoms. The van der Waals surface area contributed by atoms with Crippen LogP contribution in [-0.4, -0.2) is 21.5 Å². The summed E-state index contributed by atoms with van der Waals surface area (Å²) in [6, 6.07) is 1.95. The van der Waals surface area contributed by atoms with Gasteiger partial charge in [0.1, 0.15) is 0 Å². The van der Waals surface area contributed by atoms with Crippen molar-refractivity contribution in [2.75, 3.05) is 11.9 Å². The lowest BCUT2D eigenvalue weighted by Crippen LogP contribution is -2.20. The van der Waals surface area contributed by atoms with E-state index in [1.54, 1.807) is 6.33 Å². The van der Waals surface area contributed by atoms with Gasteiger partial charge in [0.15, 0.2) is 18.2 Å². The molecule has 3 N–H and O–H groups in total. The highest BCUT2D eigenvalue weighted by Gasteiger charge is 2.17. The lowest BCUT2D eigenvalue weighted by atomic mass is 9.97. The summed E-state index contributed by atoms with van der Waals surface area (Å²) in [5, 5.41) is 12.1. The molecule has 0 radical (unpaired) electrons. The first kappa shape index (κ1) is 11.3. The third-order valence-electron chi connectivity index (χ3n) is 2.22. The van der Waals surface area contributed by atoms with Gasteiger partial charge in [0.2, 0.25) is 5.52 Å². The van der Waals surface area contributed by atoms with Crippen molar-refractivity contribution in [1.29, 1.82) is 5.26 Å². The number of nitrogens with one attached hydrogen (secondary N) is 3. The Morgan fingerprint density at radius 2 is 2.24 bits per heavy atom. The quantitative estimate of drug-likeness (QED) is 0.809. The first-order chi connectivity index (χ1) is 7.99. The predicted octanol–water partition coefficient (Wildman–Crippen LogP) is 1.10. The molecule has 0 aliphatic rings. The Labute approximate surface area is 99.1 Å². The fourth-order valence-corrected chi connectivity index (χ4v) is 1.41. The molecule has 0 saturated carbocycles. The van der Waals surface area contributed by atoms with Gasteiger partial charge >= 0.3 is 11.5 Å². The van der Waals surface area contributed by atoms with Crippen LogP contribution in [0.25, 0.3) is 11.2 Å². The van der Waals surface area contributed by atoms with E-state index in [2.05, 4.69) is 46.0 Å². The molecule has 6 heteroatoms. The van der Waals surface area contributed by atoms with Crippen LogP contribution in [0.5, 0.6) is 0 Å². The zero-order valence-electron chi connectivity index (χ0n) is 10.1. The van der Waals surface area contributed by atoms with E-state index in [4.69, 9.17) is 5.26 Å². The van der Waals surface area contributed by atoms with Crippen LogP contribution >= 0.6 is 0 Å². The van der Waals surface area contributed by atoms with Gasteiger partial charge in [-0.2, -0.15) is 10.2 Å². The van der Waals surface area contributed by atoms with Crippen LogP contribution in [0.3, 0.4) is 0 Å². The molecule has 2 rings (SSSR count). The molecule has 0 fully saturated rings. The molecule has 2 aromatic rings. The van der Waals surface area contributed by atoms with E-state index >= 15 is 0 Å². The molecule has 0 aliphatic heterocycles. The Balaban J connectivity index is 2.38. The highest BCUT2D eigenvalue weighted by Crippen LogP contribution is 2.18. The summed E-state index contributed by atoms with van der Waals surface area (Å²) in [6.07, 6.45) is 1.67. The SMILES string of the molecule is CC(C)(C)CNc1nc(C#N)nc2[nH+]c[nH]c12. The van der Waals surface area contributed by atoms with E-state index in [0.717, 1.165) is 12.1 Å². The Morgan fingerprint density at radius 1 is 1.47 bits per heavy atom. The maximum atomic E-state index is 8.86. The Bertz CT molecular complexity index is 572. The van der Waals surface area contributed by atoms with Crippen molar-refractivity contribution in [2.45, 2.75) is 20.8 Å². The van der Waals surface area contributed by atoms with Gasteiger partial charge in [-0.25, -0.2) is 4.98 Å². The first-order valence-electron chi connectivity index (χ1n) is 5.40. The molecule has 88 valence electrons. The standard InChI is InChI=1S/C11H14N6/c1-11(2,3)5-13-9-8-10(15-6-14-8)17-7(4-12)16-9/h6H,5H2,1-3H3,(H2,13,14,15,16,17)/p+1. The van der Waals surface area contributed by atoms with Crippen LogP contribution in [0.4, 0.5) is 5.82 Å². The molecule has 2 aromatic heterocycles. The summed E-state index contributed by atoms with van der Waals surface area (Å²) < 4.78 is 0. The maximum absolute atomic E-state index is 8.86. The summed E-state index contributed by atoms with van der Waals surface area (Å²) in [4.78, 5) is 14.2. The van der Waals surface area contributed by atoms with Gasteiger partial charge < -0.3 is 5.32 Å². The second kappa shape index (κ2) is 4.01. The molecular formula is C11H15N6+. The fraction of sp³-hybridized carbons (Fsp3) is 0.455. The minimum Gasteiger partial charge on any atom is -0.366 e. The van der Waals surface area contributed by atoms with E-state index < -0.39 is 0 Å². The average Bonchev–Trinajstić information content (AvgIpc) is 2.72. The van der Waals surface area contributed by atoms with Crippen LogP contribution in [0, 0.1) is 16.7 Å². The molecule has 0 atom stereocenters. The van der Waals surface area contributed by atoms with Gasteiger partial charge in [-0.05, 0) is 5.41 Å². The molecule has 0 saturated heterocycles. The molecule has 0 unspecified atom stereocenters. The molecular weight excluding hydrogens is 216 g/mol. The van der Waals surface area contributed by atoms with Crippen molar-refractivity contribution in [1.82, 2.24) is 15.0 Å². The zero-order valence-corrected chi connectivity index (χ0v) is 10.1. The number of hydrogen-bond acceptors (Lipinski definition) is 4. The predicted molar refractivity (Wildman–Crippen MR) is 63.1 cm³/mol. The molecule has 6 nitrogen and oxygen atoms in total. The number of nitrogens with zero attached hydrogens (tertiary/aromatic N) is 3. The number of anilines is 1. The van der Waals surface area contributed by atoms with Crippen LogP contribution < -0.4 is 10.3 Å². The maximum Gasteiger partial charge on any atom is 0.309 e. The van der Waals surface area contributed by atoms with Gasteiger partial charge in [-0.15, -0.1) is 0 Å². The second-order valence-corrected chi connectivity index (χ2v) is 5.08. The minimum atomic E-state index is 0.139. The molecule has 0 spiro atoms. The van der Waals surface area contributed by atoms with E-state index in [0.29, 0.717) is 11.5 Å². The lowest BCUT2D eigenvalue weighted by Gasteiger charge is -2.18. The van der Waals surface area contributed by atoms with Crippen LogP contribution in [-0.2, 0) is 0 Å². The summed E-state index contributed by atoms with van der Waals surface area (Å²) in [5.74, 6) is 0.812. The van der Waals surface area contributed by atoms with Crippen molar-refractivity contribution in [3.8, 4) is 6.07 Å². The highest BCUT2D eigenvalue weighted by molar-refractivity contribution is 5.80. The molecule has 0 amide bonds. The number of aromatic amines is 2. The second-order valence-electron chi connectivity index (χ2n) is 5.08. The number of fused-ring (bicyclic) bond motifs is 1. The van der Waals surface area contributed by atoms with Gasteiger partial charge in [-0.1, -0.05) is 25.8 Å². The molecule has 0 aromatic carbocycles. The van der Waals surface area contributed by atoms with Crippen molar-refractivity contribution < 1.29 is 4.98 Å². The zero-order chi connectivity index (χ0) is 12.5. The van der Waals surface area contributed by atoms with Crippen molar-refractivity contribution in [3.05, 3.63) is 12.2 Å². The third-order valence-corrected chi connectivity index (χ3v) is 2.22. The van der Waals surface area contributed by atoms with Crippen molar-refractivity contribution in [2.24, 2.45) is 5.41 Å². The van der Waals surface area contributed by atoms with Crippen LogP contribution in [0.2, 0.25) is 0 Å². The number of aromatic nitrogens is 4. The van der Waals surface area contributed by atoms with Gasteiger partial charge in [-0.3, -0.25) is 4.98 Å². The molecule has 0 bridgehead atoms. The van der Waals surface area contributed by atoms with Gasteiger partial charge in [0.25, 0.3) is 0 Å². The van der Waals surface area contributed by atoms with Crippen molar-refractivity contribution in [3.63, 3.8) is 0 Å². The average molecular weight is 231 g/mol. The minimum absolute atomic E-state index is 0.139. The van der Waals surface area contributed by atoms with Gasteiger partial charge in [0, 0.05) is 6.54 Å². The summed E-state index contributed by atoms with van der Waals surface area (Å²) in [5.41, 5.74) is 1.56. The van der Waals surface area contributed by atoms with E-state index in [-0.39, 0.29) is 11.2 Å². The first-order valence-corrected chi connectivity index (χ1v) is 5.40. The van der Waals surface area contributed by atoms with E-state index in [1.165, 1.54) is 0 Å². The number of H-pyrrole nitrogens is 2. The number of nitriles is 1. The van der Waals surface area contributed by atoms with Gasteiger partial charge in [0.05, 0.1) is 0 Å². The number of imidazole rings is 1. The van der Waals surface area contributed by atoms with Crippen molar-refractivity contribution >= 4 is 17.0 Å². The number of rotatable bonds is 2. The van der Waals surface area contributed by atoms with Crippen LogP contribution in [0.1, 0.15) is 26.6 Å². The Morgan fingerprint density at radius 3 is 2.88 bits per heavy atom. The third kappa shape index (κ3) is 2.50. The molecule has 0 aliphatic carbocycles. The van der Waals surface area contributed by atoms with E-state index in [1.807, 2.05) is 6.07 Å². The smallest absolute Gasteiger partial charge is 0.309 e. The number of hydrogen-bond donors (Lipinski definition) is 2. The Hall–Kier alpha value is -2.16. The summed E-state index contributed by atoms with van der Waals surface area (Å²) in [7, 11) is 0. The highest BCUT2D eigenvalue weighted by atomic mass is 15.1. The summed E-state index contributed by atoms with van der Waals surface area (Å²) in [6.45, 7) is 7.16. The summed E-state index contributed by atoms with van der Waals surface area (Å²) >= 11 is 0. The normalized spacial score (nSPS) is 11.4. The monoisotopic (exact) mass is 231 g/mol. The van der Waals surface area contributed by atoms with Crippen LogP contribution in [0.15, 0.2) is 6.33 Å². The lowest BCUT2D eigenvalue weighted by molar-refractivity contribution is -0.347.